The summed E-state index contributed by atoms with van der Waals surface area (Å²) in [5.74, 6) is 0.0351. The number of nitrogens with one attached hydrogen (secondary N) is 1. The number of hydrogen-bond acceptors (Lipinski definition) is 3. The molecule has 1 fully saturated rings. The van der Waals surface area contributed by atoms with Crippen LogP contribution in [0.4, 0.5) is 11.4 Å². The number of nitrogens with zero attached hydrogens (tertiary/aromatic N) is 2. The highest BCUT2D eigenvalue weighted by Crippen LogP contribution is 2.27. The second-order valence-corrected chi connectivity index (χ2v) is 9.12. The molecule has 0 heterocycles. The number of para-hydroxylation sites is 1. The fraction of sp³-hybridized carbons (Fsp3) is 0.310. The zero-order chi connectivity index (χ0) is 23.9. The topological polar surface area (TPSA) is 52.7 Å². The summed E-state index contributed by atoms with van der Waals surface area (Å²) in [6.45, 7) is 5.42. The fourth-order valence-corrected chi connectivity index (χ4v) is 4.15. The Morgan fingerprint density at radius 1 is 0.912 bits per heavy atom. The predicted molar refractivity (Wildman–Crippen MR) is 138 cm³/mol. The molecule has 34 heavy (non-hydrogen) atoms. The van der Waals surface area contributed by atoms with Crippen molar-refractivity contribution in [1.29, 1.82) is 0 Å². The van der Waals surface area contributed by atoms with Gasteiger partial charge in [-0.25, -0.2) is 0 Å². The molecule has 0 aliphatic heterocycles. The molecule has 0 atom stereocenters. The molecular formula is C29H33N3O2. The largest absolute Gasteiger partial charge is 0.325 e. The van der Waals surface area contributed by atoms with Crippen LogP contribution < -0.4 is 10.2 Å². The highest BCUT2D eigenvalue weighted by Gasteiger charge is 2.31. The summed E-state index contributed by atoms with van der Waals surface area (Å²) in [7, 11) is 0. The molecule has 3 aromatic carbocycles. The maximum Gasteiger partial charge on any atom is 0.238 e. The minimum atomic E-state index is -0.0303. The van der Waals surface area contributed by atoms with Gasteiger partial charge in [0.25, 0.3) is 0 Å². The summed E-state index contributed by atoms with van der Waals surface area (Å²) in [5.41, 5.74) is 5.00. The Bertz CT molecular complexity index is 1110. The fourth-order valence-electron chi connectivity index (χ4n) is 4.15. The Hall–Kier alpha value is -3.44. The summed E-state index contributed by atoms with van der Waals surface area (Å²) >= 11 is 0. The lowest BCUT2D eigenvalue weighted by Crippen LogP contribution is -2.39. The van der Waals surface area contributed by atoms with Gasteiger partial charge < -0.3 is 10.2 Å². The van der Waals surface area contributed by atoms with Crippen molar-refractivity contribution >= 4 is 23.2 Å². The van der Waals surface area contributed by atoms with Crippen LogP contribution in [0.3, 0.4) is 0 Å². The average Bonchev–Trinajstić information content (AvgIpc) is 3.69. The van der Waals surface area contributed by atoms with Gasteiger partial charge in [-0.3, -0.25) is 14.5 Å². The van der Waals surface area contributed by atoms with E-state index in [-0.39, 0.29) is 11.8 Å². The lowest BCUT2D eigenvalue weighted by atomic mass is 10.1. The third-order valence-electron chi connectivity index (χ3n) is 6.24. The first-order valence-electron chi connectivity index (χ1n) is 12.0. The van der Waals surface area contributed by atoms with Crippen LogP contribution in [0.15, 0.2) is 78.9 Å². The molecule has 1 N–H and O–H groups in total. The molecule has 0 aromatic heterocycles. The first-order valence-corrected chi connectivity index (χ1v) is 12.0. The second-order valence-electron chi connectivity index (χ2n) is 9.12. The number of carbonyl (C=O) groups is 2. The lowest BCUT2D eigenvalue weighted by Gasteiger charge is -2.26. The molecule has 1 aliphatic rings. The quantitative estimate of drug-likeness (QED) is 0.450. The Morgan fingerprint density at radius 3 is 2.26 bits per heavy atom. The van der Waals surface area contributed by atoms with Gasteiger partial charge in [0.1, 0.15) is 0 Å². The number of carbonyl (C=O) groups excluding carboxylic acids is 2. The Kier molecular flexibility index (Phi) is 7.76. The zero-order valence-corrected chi connectivity index (χ0v) is 20.0. The third-order valence-corrected chi connectivity index (χ3v) is 6.24. The van der Waals surface area contributed by atoms with Crippen molar-refractivity contribution in [1.82, 2.24) is 4.90 Å². The molecule has 176 valence electrons. The molecule has 0 saturated heterocycles. The third kappa shape index (κ3) is 6.55. The number of hydrogen-bond donors (Lipinski definition) is 1. The van der Waals surface area contributed by atoms with Crippen LogP contribution in [0.1, 0.15) is 36.0 Å². The molecule has 0 radical (unpaired) electrons. The summed E-state index contributed by atoms with van der Waals surface area (Å²) in [6.07, 6.45) is 2.53. The van der Waals surface area contributed by atoms with Crippen LogP contribution >= 0.6 is 0 Å². The van der Waals surface area contributed by atoms with E-state index in [9.17, 15) is 9.59 Å². The Balaban J connectivity index is 1.39. The number of rotatable bonds is 10. The van der Waals surface area contributed by atoms with Crippen molar-refractivity contribution < 1.29 is 9.59 Å². The van der Waals surface area contributed by atoms with Gasteiger partial charge in [0.15, 0.2) is 0 Å². The van der Waals surface area contributed by atoms with Crippen LogP contribution in [0.5, 0.6) is 0 Å². The van der Waals surface area contributed by atoms with Gasteiger partial charge in [0, 0.05) is 30.4 Å². The normalized spacial score (nSPS) is 13.0. The molecule has 0 unspecified atom stereocenters. The van der Waals surface area contributed by atoms with Crippen molar-refractivity contribution in [3.8, 4) is 0 Å². The van der Waals surface area contributed by atoms with Gasteiger partial charge in [0.2, 0.25) is 11.8 Å². The van der Waals surface area contributed by atoms with Gasteiger partial charge in [-0.15, -0.1) is 0 Å². The van der Waals surface area contributed by atoms with Gasteiger partial charge in [-0.2, -0.15) is 0 Å². The number of amides is 2. The van der Waals surface area contributed by atoms with E-state index >= 15 is 0 Å². The molecule has 0 spiro atoms. The van der Waals surface area contributed by atoms with Gasteiger partial charge in [-0.05, 0) is 61.6 Å². The van der Waals surface area contributed by atoms with Gasteiger partial charge in [-0.1, -0.05) is 60.7 Å². The molecular weight excluding hydrogens is 422 g/mol. The number of aryl methyl sites for hydroxylation is 2. The molecule has 0 bridgehead atoms. The van der Waals surface area contributed by atoms with E-state index in [4.69, 9.17) is 0 Å². The van der Waals surface area contributed by atoms with Crippen molar-refractivity contribution in [3.63, 3.8) is 0 Å². The van der Waals surface area contributed by atoms with Crippen molar-refractivity contribution in [2.45, 2.75) is 45.7 Å². The SMILES string of the molecule is Cc1ccc(C)c(NC(=O)CN(CCC(=O)N(Cc2ccccc2)c2ccccc2)C2CC2)c1. The monoisotopic (exact) mass is 455 g/mol. The van der Waals surface area contributed by atoms with Crippen LogP contribution in [0.2, 0.25) is 0 Å². The lowest BCUT2D eigenvalue weighted by molar-refractivity contribution is -0.121. The highest BCUT2D eigenvalue weighted by molar-refractivity contribution is 5.94. The van der Waals surface area contributed by atoms with E-state index in [1.54, 1.807) is 0 Å². The Morgan fingerprint density at radius 2 is 1.59 bits per heavy atom. The summed E-state index contributed by atoms with van der Waals surface area (Å²) in [5, 5.41) is 3.06. The predicted octanol–water partition coefficient (Wildman–Crippen LogP) is 5.33. The van der Waals surface area contributed by atoms with E-state index in [2.05, 4.69) is 10.2 Å². The molecule has 1 saturated carbocycles. The minimum Gasteiger partial charge on any atom is -0.325 e. The molecule has 3 aromatic rings. The standard InChI is InChI=1S/C29H33N3O2/c1-22-13-14-23(2)27(19-22)30-28(33)21-31(25-15-16-25)18-17-29(34)32(26-11-7-4-8-12-26)20-24-9-5-3-6-10-24/h3-14,19,25H,15-18,20-21H2,1-2H3,(H,30,33). The van der Waals surface area contributed by atoms with Crippen molar-refractivity contribution in [2.75, 3.05) is 23.3 Å². The summed E-state index contributed by atoms with van der Waals surface area (Å²) < 4.78 is 0. The van der Waals surface area contributed by atoms with Crippen LogP contribution in [-0.4, -0.2) is 35.8 Å². The van der Waals surface area contributed by atoms with Crippen LogP contribution in [-0.2, 0) is 16.1 Å². The zero-order valence-electron chi connectivity index (χ0n) is 20.0. The first kappa shape index (κ1) is 23.7. The molecule has 2 amide bonds. The van der Waals surface area contributed by atoms with E-state index in [1.807, 2.05) is 97.6 Å². The average molecular weight is 456 g/mol. The summed E-state index contributed by atoms with van der Waals surface area (Å²) in [4.78, 5) is 30.2. The summed E-state index contributed by atoms with van der Waals surface area (Å²) in [6, 6.07) is 26.3. The van der Waals surface area contributed by atoms with Crippen molar-refractivity contribution in [2.24, 2.45) is 0 Å². The Labute approximate surface area is 202 Å². The minimum absolute atomic E-state index is 0.0303. The van der Waals surface area contributed by atoms with E-state index in [1.165, 1.54) is 0 Å². The van der Waals surface area contributed by atoms with Gasteiger partial charge >= 0.3 is 0 Å². The second kappa shape index (κ2) is 11.1. The van der Waals surface area contributed by atoms with E-state index in [0.717, 1.165) is 40.9 Å². The molecule has 4 rings (SSSR count). The van der Waals surface area contributed by atoms with Crippen LogP contribution in [0, 0.1) is 13.8 Å². The smallest absolute Gasteiger partial charge is 0.238 e. The highest BCUT2D eigenvalue weighted by atomic mass is 16.2. The number of benzene rings is 3. The van der Waals surface area contributed by atoms with E-state index in [0.29, 0.717) is 32.1 Å². The molecule has 5 heteroatoms. The maximum atomic E-state index is 13.4. The van der Waals surface area contributed by atoms with Crippen LogP contribution in [0.25, 0.3) is 0 Å². The number of anilines is 2. The van der Waals surface area contributed by atoms with Crippen molar-refractivity contribution in [3.05, 3.63) is 95.6 Å². The molecule has 1 aliphatic carbocycles. The maximum absolute atomic E-state index is 13.4. The van der Waals surface area contributed by atoms with Gasteiger partial charge in [0.05, 0.1) is 13.1 Å². The molecule has 5 nitrogen and oxygen atoms in total. The van der Waals surface area contributed by atoms with E-state index < -0.39 is 0 Å². The first-order chi connectivity index (χ1) is 16.5.